The standard InChI is InChI=1S/C10H12ClFO3S/c1-10(2,6-13)16(14,15)9-5-7(11)3-4-8(9)12/h3-5,13H,6H2,1-2H3. The van der Waals surface area contributed by atoms with Crippen molar-refractivity contribution in [3.8, 4) is 0 Å². The molecular formula is C10H12ClFO3S. The van der Waals surface area contributed by atoms with Gasteiger partial charge < -0.3 is 5.11 Å². The fourth-order valence-corrected chi connectivity index (χ4v) is 2.67. The van der Waals surface area contributed by atoms with Gasteiger partial charge >= 0.3 is 0 Å². The first-order chi connectivity index (χ1) is 7.22. The van der Waals surface area contributed by atoms with E-state index in [0.717, 1.165) is 12.1 Å². The van der Waals surface area contributed by atoms with Crippen LogP contribution in [-0.2, 0) is 9.84 Å². The molecule has 0 saturated heterocycles. The van der Waals surface area contributed by atoms with Crippen LogP contribution in [-0.4, -0.2) is 24.9 Å². The summed E-state index contributed by atoms with van der Waals surface area (Å²) in [6, 6.07) is 3.30. The van der Waals surface area contributed by atoms with Gasteiger partial charge in [0.15, 0.2) is 9.84 Å². The van der Waals surface area contributed by atoms with Crippen molar-refractivity contribution in [3.05, 3.63) is 29.0 Å². The molecule has 1 N–H and O–H groups in total. The second kappa shape index (κ2) is 4.31. The van der Waals surface area contributed by atoms with Crippen LogP contribution < -0.4 is 0 Å². The summed E-state index contributed by atoms with van der Waals surface area (Å²) < 4.78 is 36.0. The smallest absolute Gasteiger partial charge is 0.188 e. The van der Waals surface area contributed by atoms with Gasteiger partial charge in [0.2, 0.25) is 0 Å². The van der Waals surface area contributed by atoms with E-state index < -0.39 is 31.9 Å². The molecule has 3 nitrogen and oxygen atoms in total. The lowest BCUT2D eigenvalue weighted by Gasteiger charge is -2.22. The van der Waals surface area contributed by atoms with Gasteiger partial charge in [0.1, 0.15) is 10.7 Å². The maximum atomic E-state index is 13.4. The molecule has 90 valence electrons. The van der Waals surface area contributed by atoms with Crippen LogP contribution in [0.2, 0.25) is 5.02 Å². The summed E-state index contributed by atoms with van der Waals surface area (Å²) in [6.07, 6.45) is 0. The number of halogens is 2. The normalized spacial score (nSPS) is 12.8. The third kappa shape index (κ3) is 2.21. The summed E-state index contributed by atoms with van der Waals surface area (Å²) in [4.78, 5) is -0.487. The Kier molecular flexibility index (Phi) is 3.62. The van der Waals surface area contributed by atoms with E-state index in [1.807, 2.05) is 0 Å². The van der Waals surface area contributed by atoms with E-state index in [1.165, 1.54) is 19.9 Å². The maximum Gasteiger partial charge on any atom is 0.188 e. The molecular weight excluding hydrogens is 255 g/mol. The molecule has 0 aliphatic carbocycles. The highest BCUT2D eigenvalue weighted by Gasteiger charge is 2.37. The van der Waals surface area contributed by atoms with Crippen LogP contribution in [0.15, 0.2) is 23.1 Å². The Balaban J connectivity index is 3.44. The first-order valence-electron chi connectivity index (χ1n) is 4.53. The van der Waals surface area contributed by atoms with Gasteiger partial charge in [0.25, 0.3) is 0 Å². The average molecular weight is 267 g/mol. The number of hydrogen-bond donors (Lipinski definition) is 1. The van der Waals surface area contributed by atoms with Crippen molar-refractivity contribution in [2.75, 3.05) is 6.61 Å². The van der Waals surface area contributed by atoms with Crippen LogP contribution in [0.5, 0.6) is 0 Å². The lowest BCUT2D eigenvalue weighted by atomic mass is 10.2. The Hall–Kier alpha value is -0.650. The first-order valence-corrected chi connectivity index (χ1v) is 6.39. The molecule has 6 heteroatoms. The number of aliphatic hydroxyl groups is 1. The van der Waals surface area contributed by atoms with Crippen LogP contribution >= 0.6 is 11.6 Å². The van der Waals surface area contributed by atoms with E-state index in [0.29, 0.717) is 0 Å². The van der Waals surface area contributed by atoms with Crippen molar-refractivity contribution in [3.63, 3.8) is 0 Å². The van der Waals surface area contributed by atoms with E-state index in [2.05, 4.69) is 0 Å². The summed E-state index contributed by atoms with van der Waals surface area (Å²) in [5.74, 6) is -0.870. The van der Waals surface area contributed by atoms with Crippen LogP contribution in [0.25, 0.3) is 0 Å². The SMILES string of the molecule is CC(C)(CO)S(=O)(=O)c1cc(Cl)ccc1F. The van der Waals surface area contributed by atoms with Crippen LogP contribution in [0.1, 0.15) is 13.8 Å². The molecule has 0 aromatic heterocycles. The molecule has 0 aliphatic heterocycles. The minimum Gasteiger partial charge on any atom is -0.395 e. The molecule has 0 aliphatic rings. The summed E-state index contributed by atoms with van der Waals surface area (Å²) >= 11 is 5.62. The lowest BCUT2D eigenvalue weighted by molar-refractivity contribution is 0.258. The third-order valence-electron chi connectivity index (χ3n) is 2.29. The summed E-state index contributed by atoms with van der Waals surface area (Å²) in [5.41, 5.74) is 0. The Morgan fingerprint density at radius 3 is 2.50 bits per heavy atom. The third-order valence-corrected chi connectivity index (χ3v) is 5.00. The molecule has 0 radical (unpaired) electrons. The Bertz CT molecular complexity index is 497. The van der Waals surface area contributed by atoms with E-state index >= 15 is 0 Å². The average Bonchev–Trinajstić information content (AvgIpc) is 2.21. The van der Waals surface area contributed by atoms with Gasteiger partial charge in [-0.2, -0.15) is 0 Å². The van der Waals surface area contributed by atoms with Crippen molar-refractivity contribution < 1.29 is 17.9 Å². The van der Waals surface area contributed by atoms with Crippen molar-refractivity contribution in [1.29, 1.82) is 0 Å². The minimum absolute atomic E-state index is 0.133. The highest BCUT2D eigenvalue weighted by Crippen LogP contribution is 2.28. The van der Waals surface area contributed by atoms with E-state index in [9.17, 15) is 12.8 Å². The second-order valence-corrected chi connectivity index (χ2v) is 6.98. The lowest BCUT2D eigenvalue weighted by Crippen LogP contribution is -2.36. The van der Waals surface area contributed by atoms with Crippen molar-refractivity contribution in [2.45, 2.75) is 23.5 Å². The van der Waals surface area contributed by atoms with Gasteiger partial charge in [0, 0.05) is 5.02 Å². The highest BCUT2D eigenvalue weighted by atomic mass is 35.5. The molecule has 0 saturated carbocycles. The molecule has 0 amide bonds. The van der Waals surface area contributed by atoms with E-state index in [4.69, 9.17) is 16.7 Å². The molecule has 0 heterocycles. The van der Waals surface area contributed by atoms with Crippen LogP contribution in [0.4, 0.5) is 4.39 Å². The predicted molar refractivity (Wildman–Crippen MR) is 59.8 cm³/mol. The molecule has 1 rings (SSSR count). The molecule has 0 spiro atoms. The molecule has 1 aromatic carbocycles. The van der Waals surface area contributed by atoms with Gasteiger partial charge in [-0.1, -0.05) is 11.6 Å². The quantitative estimate of drug-likeness (QED) is 0.911. The molecule has 0 unspecified atom stereocenters. The summed E-state index contributed by atoms with van der Waals surface area (Å²) in [6.45, 7) is 2.05. The Morgan fingerprint density at radius 2 is 2.00 bits per heavy atom. The number of hydrogen-bond acceptors (Lipinski definition) is 3. The molecule has 0 bridgehead atoms. The zero-order chi connectivity index (χ0) is 12.6. The van der Waals surface area contributed by atoms with Gasteiger partial charge in [-0.25, -0.2) is 12.8 Å². The number of aliphatic hydroxyl groups excluding tert-OH is 1. The fourth-order valence-electron chi connectivity index (χ4n) is 1.07. The van der Waals surface area contributed by atoms with Gasteiger partial charge in [-0.15, -0.1) is 0 Å². The predicted octanol–water partition coefficient (Wildman–Crippen LogP) is 2.02. The molecule has 16 heavy (non-hydrogen) atoms. The van der Waals surface area contributed by atoms with E-state index in [1.54, 1.807) is 0 Å². The first kappa shape index (κ1) is 13.4. The molecule has 0 atom stereocenters. The summed E-state index contributed by atoms with van der Waals surface area (Å²) in [7, 11) is -3.95. The largest absolute Gasteiger partial charge is 0.395 e. The Labute approximate surface area is 98.8 Å². The topological polar surface area (TPSA) is 54.4 Å². The highest BCUT2D eigenvalue weighted by molar-refractivity contribution is 7.92. The van der Waals surface area contributed by atoms with E-state index in [-0.39, 0.29) is 5.02 Å². The maximum absolute atomic E-state index is 13.4. The number of sulfone groups is 1. The van der Waals surface area contributed by atoms with Gasteiger partial charge in [-0.3, -0.25) is 0 Å². The number of rotatable bonds is 3. The molecule has 0 fully saturated rings. The zero-order valence-corrected chi connectivity index (χ0v) is 10.4. The molecule has 1 aromatic rings. The van der Waals surface area contributed by atoms with Gasteiger partial charge in [-0.05, 0) is 32.0 Å². The van der Waals surface area contributed by atoms with Crippen molar-refractivity contribution in [2.24, 2.45) is 0 Å². The fraction of sp³-hybridized carbons (Fsp3) is 0.400. The summed E-state index contributed by atoms with van der Waals surface area (Å²) in [5, 5.41) is 9.15. The van der Waals surface area contributed by atoms with Crippen LogP contribution in [0.3, 0.4) is 0 Å². The second-order valence-electron chi connectivity index (χ2n) is 4.00. The monoisotopic (exact) mass is 266 g/mol. The van der Waals surface area contributed by atoms with Crippen molar-refractivity contribution in [1.82, 2.24) is 0 Å². The Morgan fingerprint density at radius 1 is 1.44 bits per heavy atom. The zero-order valence-electron chi connectivity index (χ0n) is 8.87. The minimum atomic E-state index is -3.95. The van der Waals surface area contributed by atoms with Crippen molar-refractivity contribution >= 4 is 21.4 Å². The van der Waals surface area contributed by atoms with Gasteiger partial charge in [0.05, 0.1) is 11.4 Å². The number of benzene rings is 1. The van der Waals surface area contributed by atoms with Crippen LogP contribution in [0, 0.1) is 5.82 Å².